The Morgan fingerprint density at radius 2 is 1.97 bits per heavy atom. The number of nitrogens with one attached hydrogen (secondary N) is 2. The van der Waals surface area contributed by atoms with Crippen molar-refractivity contribution in [1.29, 1.82) is 0 Å². The van der Waals surface area contributed by atoms with E-state index in [-0.39, 0.29) is 40.6 Å². The van der Waals surface area contributed by atoms with Crippen LogP contribution >= 0.6 is 0 Å². The molecule has 0 bridgehead atoms. The van der Waals surface area contributed by atoms with Gasteiger partial charge in [0.25, 0.3) is 0 Å². The monoisotopic (exact) mass is 549 g/mol. The number of alkyl halides is 5. The number of nitrogens with zero attached hydrogens (tertiary/aromatic N) is 7. The molecule has 0 spiro atoms. The molecule has 39 heavy (non-hydrogen) atoms. The van der Waals surface area contributed by atoms with Crippen molar-refractivity contribution >= 4 is 28.6 Å². The van der Waals surface area contributed by atoms with Gasteiger partial charge in [-0.2, -0.15) is 27.1 Å². The van der Waals surface area contributed by atoms with E-state index in [0.717, 1.165) is 17.5 Å². The number of halogens is 5. The number of hydrogen-bond donors (Lipinski definition) is 2. The van der Waals surface area contributed by atoms with E-state index in [2.05, 4.69) is 40.9 Å². The summed E-state index contributed by atoms with van der Waals surface area (Å²) in [4.78, 5) is 26.3. The van der Waals surface area contributed by atoms with Crippen LogP contribution in [0.3, 0.4) is 0 Å². The molecule has 1 saturated carbocycles. The maximum absolute atomic E-state index is 13.6. The van der Waals surface area contributed by atoms with Gasteiger partial charge in [0, 0.05) is 32.1 Å². The third-order valence-electron chi connectivity index (χ3n) is 6.90. The first-order valence-corrected chi connectivity index (χ1v) is 12.0. The van der Waals surface area contributed by atoms with Crippen LogP contribution in [0.5, 0.6) is 0 Å². The molecule has 0 radical (unpaired) electrons. The predicted molar refractivity (Wildman–Crippen MR) is 125 cm³/mol. The lowest BCUT2D eigenvalue weighted by Crippen LogP contribution is -2.37. The van der Waals surface area contributed by atoms with Crippen molar-refractivity contribution in [2.45, 2.75) is 56.2 Å². The Balaban J connectivity index is 1.42. The highest BCUT2D eigenvalue weighted by Gasteiger charge is 2.57. The normalized spacial score (nSPS) is 19.4. The van der Waals surface area contributed by atoms with E-state index >= 15 is 0 Å². The van der Waals surface area contributed by atoms with Gasteiger partial charge in [-0.15, -0.1) is 10.2 Å². The van der Waals surface area contributed by atoms with E-state index in [1.165, 1.54) is 6.20 Å². The highest BCUT2D eigenvalue weighted by atomic mass is 19.4. The Bertz CT molecular complexity index is 1610. The lowest BCUT2D eigenvalue weighted by Gasteiger charge is -2.19. The summed E-state index contributed by atoms with van der Waals surface area (Å²) in [6, 6.07) is 3.12. The molecule has 11 nitrogen and oxygen atoms in total. The van der Waals surface area contributed by atoms with Gasteiger partial charge in [-0.05, 0) is 31.9 Å². The van der Waals surface area contributed by atoms with Crippen LogP contribution in [0.1, 0.15) is 49.4 Å². The number of rotatable bonds is 7. The predicted octanol–water partition coefficient (Wildman–Crippen LogP) is 4.04. The fraction of sp³-hybridized carbons (Fsp3) is 0.435. The smallest absolute Gasteiger partial charge is 0.423 e. The third kappa shape index (κ3) is 3.87. The first-order valence-electron chi connectivity index (χ1n) is 12.0. The summed E-state index contributed by atoms with van der Waals surface area (Å²) >= 11 is 0. The van der Waals surface area contributed by atoms with E-state index in [1.54, 1.807) is 26.1 Å². The summed E-state index contributed by atoms with van der Waals surface area (Å²) in [5.74, 6) is -4.31. The fourth-order valence-electron chi connectivity index (χ4n) is 4.51. The van der Waals surface area contributed by atoms with Gasteiger partial charge in [0.15, 0.2) is 16.9 Å². The van der Waals surface area contributed by atoms with Gasteiger partial charge in [-0.1, -0.05) is 0 Å². The van der Waals surface area contributed by atoms with E-state index in [4.69, 9.17) is 4.42 Å². The number of aromatic nitrogens is 7. The van der Waals surface area contributed by atoms with E-state index in [9.17, 15) is 26.7 Å². The van der Waals surface area contributed by atoms with Crippen LogP contribution in [0.15, 0.2) is 22.7 Å². The minimum atomic E-state index is -5.69. The standard InChI is InChI=1S/C23H20F5N9O2/c1-21(20-35-34-18(39-20)10-5-6-10)12-14(29-2)31-16(32-15(12)33-19(21)38)13-11-4-3-8-30-17(11)37(36-13)9-7-22(24,25)23(26,27)28/h3-4,8,10H,5-7,9H2,1-2H3,(H2,29,31,32,33,38). The molecule has 1 atom stereocenters. The molecule has 1 amide bonds. The van der Waals surface area contributed by atoms with Crippen LogP contribution in [-0.2, 0) is 16.8 Å². The Morgan fingerprint density at radius 1 is 1.21 bits per heavy atom. The molecule has 1 aliphatic carbocycles. The zero-order valence-corrected chi connectivity index (χ0v) is 20.5. The third-order valence-corrected chi connectivity index (χ3v) is 6.90. The van der Waals surface area contributed by atoms with E-state index in [1.807, 2.05) is 0 Å². The van der Waals surface area contributed by atoms with Crippen LogP contribution in [-0.4, -0.2) is 60.0 Å². The van der Waals surface area contributed by atoms with E-state index < -0.39 is 36.4 Å². The molecular weight excluding hydrogens is 529 g/mol. The SMILES string of the molecule is CNc1nc(-c2nn(CCC(F)(F)C(F)(F)F)c3ncccc23)nc2c1C(C)(c1nnc(C3CC3)o1)C(=O)N2. The van der Waals surface area contributed by atoms with Gasteiger partial charge in [0.1, 0.15) is 17.3 Å². The van der Waals surface area contributed by atoms with Crippen LogP contribution in [0.4, 0.5) is 33.6 Å². The lowest BCUT2D eigenvalue weighted by molar-refractivity contribution is -0.285. The van der Waals surface area contributed by atoms with Crippen molar-refractivity contribution in [1.82, 2.24) is 34.9 Å². The maximum Gasteiger partial charge on any atom is 0.453 e. The topological polar surface area (TPSA) is 137 Å². The molecule has 1 unspecified atom stereocenters. The molecule has 16 heteroatoms. The lowest BCUT2D eigenvalue weighted by atomic mass is 9.84. The Kier molecular flexibility index (Phi) is 5.38. The molecule has 2 N–H and O–H groups in total. The number of hydrogen-bond acceptors (Lipinski definition) is 9. The summed E-state index contributed by atoms with van der Waals surface area (Å²) in [5, 5.41) is 18.4. The molecule has 2 aliphatic rings. The van der Waals surface area contributed by atoms with Crippen LogP contribution in [0.2, 0.25) is 0 Å². The second-order valence-corrected chi connectivity index (χ2v) is 9.57. The molecule has 1 fully saturated rings. The number of aryl methyl sites for hydroxylation is 1. The summed E-state index contributed by atoms with van der Waals surface area (Å²) in [7, 11) is 1.58. The summed E-state index contributed by atoms with van der Waals surface area (Å²) in [6.45, 7) is 0.843. The number of anilines is 2. The fourth-order valence-corrected chi connectivity index (χ4v) is 4.51. The molecule has 4 aromatic heterocycles. The number of fused-ring (bicyclic) bond motifs is 2. The molecule has 0 aromatic carbocycles. The van der Waals surface area contributed by atoms with Gasteiger partial charge >= 0.3 is 12.1 Å². The van der Waals surface area contributed by atoms with Crippen LogP contribution in [0, 0.1) is 0 Å². The van der Waals surface area contributed by atoms with Crippen molar-refractivity contribution < 1.29 is 31.2 Å². The van der Waals surface area contributed by atoms with E-state index in [0.29, 0.717) is 16.8 Å². The number of carbonyl (C=O) groups is 1. The first kappa shape index (κ1) is 25.1. The van der Waals surface area contributed by atoms with Crippen molar-refractivity contribution in [3.63, 3.8) is 0 Å². The second kappa shape index (κ2) is 8.38. The zero-order valence-electron chi connectivity index (χ0n) is 20.5. The highest BCUT2D eigenvalue weighted by Crippen LogP contribution is 2.47. The molecule has 5 heterocycles. The largest absolute Gasteiger partial charge is 0.453 e. The van der Waals surface area contributed by atoms with Crippen molar-refractivity contribution in [2.24, 2.45) is 0 Å². The van der Waals surface area contributed by atoms with Crippen molar-refractivity contribution in [3.05, 3.63) is 35.7 Å². The second-order valence-electron chi connectivity index (χ2n) is 9.57. The Morgan fingerprint density at radius 3 is 2.67 bits per heavy atom. The molecule has 1 aliphatic heterocycles. The van der Waals surface area contributed by atoms with Crippen LogP contribution in [0.25, 0.3) is 22.6 Å². The highest BCUT2D eigenvalue weighted by molar-refractivity contribution is 6.08. The van der Waals surface area contributed by atoms with Gasteiger partial charge in [-0.25, -0.2) is 19.6 Å². The van der Waals surface area contributed by atoms with Gasteiger partial charge in [0.05, 0.1) is 10.9 Å². The number of carbonyl (C=O) groups excluding carboxylic acids is 1. The maximum atomic E-state index is 13.6. The molecule has 204 valence electrons. The summed E-state index contributed by atoms with van der Waals surface area (Å²) in [5.41, 5.74) is -0.882. The van der Waals surface area contributed by atoms with Gasteiger partial charge in [-0.3, -0.25) is 4.79 Å². The minimum Gasteiger partial charge on any atom is -0.423 e. The quantitative estimate of drug-likeness (QED) is 0.327. The average Bonchev–Trinajstić information content (AvgIpc) is 3.40. The van der Waals surface area contributed by atoms with Crippen molar-refractivity contribution in [2.75, 3.05) is 17.7 Å². The number of pyridine rings is 1. The average molecular weight is 549 g/mol. The Hall–Kier alpha value is -4.24. The minimum absolute atomic E-state index is 0.00817. The molecule has 0 saturated heterocycles. The van der Waals surface area contributed by atoms with Gasteiger partial charge < -0.3 is 15.1 Å². The summed E-state index contributed by atoms with van der Waals surface area (Å²) < 4.78 is 72.2. The molecular formula is C23H20F5N9O2. The van der Waals surface area contributed by atoms with Gasteiger partial charge in [0.2, 0.25) is 17.7 Å². The summed E-state index contributed by atoms with van der Waals surface area (Å²) in [6.07, 6.45) is -4.00. The zero-order chi connectivity index (χ0) is 27.7. The first-order chi connectivity index (χ1) is 18.4. The molecule has 4 aromatic rings. The molecule has 6 rings (SSSR count). The van der Waals surface area contributed by atoms with Crippen LogP contribution < -0.4 is 10.6 Å². The Labute approximate surface area is 216 Å². The van der Waals surface area contributed by atoms with Crippen molar-refractivity contribution in [3.8, 4) is 11.5 Å². The number of amides is 1.